The van der Waals surface area contributed by atoms with Gasteiger partial charge in [0.05, 0.1) is 36.9 Å². The fraction of sp³-hybridized carbons (Fsp3) is 0.412. The number of β-amino-alcohol motifs (C(OH)–C–C–N with tert-alkyl or cyclic N) is 1. The van der Waals surface area contributed by atoms with Crippen LogP contribution in [0.15, 0.2) is 55.6 Å². The van der Waals surface area contributed by atoms with Gasteiger partial charge in [0, 0.05) is 55.4 Å². The van der Waals surface area contributed by atoms with Crippen LogP contribution in [-0.2, 0) is 17.8 Å². The fourth-order valence-corrected chi connectivity index (χ4v) is 6.85. The van der Waals surface area contributed by atoms with E-state index in [1.54, 1.807) is 4.90 Å². The summed E-state index contributed by atoms with van der Waals surface area (Å²) in [7, 11) is 1.99. The van der Waals surface area contributed by atoms with Crippen LogP contribution in [0.3, 0.4) is 0 Å². The Morgan fingerprint density at radius 2 is 1.93 bits per heavy atom. The number of aromatic nitrogens is 2. The van der Waals surface area contributed by atoms with Gasteiger partial charge in [-0.3, -0.25) is 9.69 Å². The highest BCUT2D eigenvalue weighted by Crippen LogP contribution is 2.36. The molecular formula is C34H39N7O3. The van der Waals surface area contributed by atoms with Crippen LogP contribution in [0.4, 0.5) is 11.5 Å². The summed E-state index contributed by atoms with van der Waals surface area (Å²) < 4.78 is 6.24. The third kappa shape index (κ3) is 5.73. The molecule has 1 amide bonds. The van der Waals surface area contributed by atoms with Gasteiger partial charge in [-0.25, -0.2) is 0 Å². The van der Waals surface area contributed by atoms with Gasteiger partial charge in [-0.05, 0) is 43.0 Å². The van der Waals surface area contributed by atoms with Gasteiger partial charge in [-0.1, -0.05) is 49.6 Å². The third-order valence-electron chi connectivity index (χ3n) is 9.14. The van der Waals surface area contributed by atoms with Crippen molar-refractivity contribution in [1.29, 1.82) is 5.26 Å². The average molecular weight is 594 g/mol. The lowest BCUT2D eigenvalue weighted by Gasteiger charge is -2.42. The zero-order valence-corrected chi connectivity index (χ0v) is 25.2. The van der Waals surface area contributed by atoms with Crippen molar-refractivity contribution >= 4 is 34.3 Å². The first-order valence-electron chi connectivity index (χ1n) is 15.2. The van der Waals surface area contributed by atoms with Gasteiger partial charge in [0.1, 0.15) is 12.4 Å². The Bertz CT molecular complexity index is 1610. The molecule has 1 N–H and O–H groups in total. The molecule has 10 nitrogen and oxygen atoms in total. The lowest BCUT2D eigenvalue weighted by molar-refractivity contribution is -0.128. The second-order valence-electron chi connectivity index (χ2n) is 11.8. The molecule has 44 heavy (non-hydrogen) atoms. The number of ether oxygens (including phenoxy) is 1. The molecule has 0 radical (unpaired) electrons. The number of hydrogen-bond acceptors (Lipinski definition) is 9. The predicted molar refractivity (Wildman–Crippen MR) is 172 cm³/mol. The van der Waals surface area contributed by atoms with E-state index in [9.17, 15) is 15.2 Å². The van der Waals surface area contributed by atoms with Crippen molar-refractivity contribution in [3.8, 4) is 12.1 Å². The van der Waals surface area contributed by atoms with E-state index in [2.05, 4.69) is 70.3 Å². The van der Waals surface area contributed by atoms with Gasteiger partial charge in [0.2, 0.25) is 5.91 Å². The van der Waals surface area contributed by atoms with Gasteiger partial charge >= 0.3 is 6.01 Å². The first kappa shape index (κ1) is 29.6. The molecule has 3 aliphatic heterocycles. The van der Waals surface area contributed by atoms with E-state index in [1.165, 1.54) is 11.5 Å². The van der Waals surface area contributed by atoms with Crippen LogP contribution in [-0.4, -0.2) is 95.3 Å². The summed E-state index contributed by atoms with van der Waals surface area (Å²) in [6, 6.07) is 15.0. The SMILES string of the molecule is C=CC(=O)N1CCN(c2nc(OC[C@@H]3CC(O)CN3C)nc3c2CCN(c2cccc4cccc(C=C)c24)C3)C[C@@H]1CC#N. The first-order chi connectivity index (χ1) is 21.4. The molecule has 4 heterocycles. The van der Waals surface area contributed by atoms with Gasteiger partial charge in [0.25, 0.3) is 0 Å². The molecule has 2 saturated heterocycles. The number of anilines is 2. The van der Waals surface area contributed by atoms with Crippen LogP contribution in [0, 0.1) is 11.3 Å². The van der Waals surface area contributed by atoms with Gasteiger partial charge < -0.3 is 24.5 Å². The second-order valence-corrected chi connectivity index (χ2v) is 11.8. The van der Waals surface area contributed by atoms with E-state index in [0.717, 1.165) is 46.7 Å². The molecule has 2 fully saturated rings. The highest BCUT2D eigenvalue weighted by Gasteiger charge is 2.34. The van der Waals surface area contributed by atoms with Gasteiger partial charge in [-0.2, -0.15) is 15.2 Å². The van der Waals surface area contributed by atoms with Crippen LogP contribution in [0.2, 0.25) is 0 Å². The molecule has 228 valence electrons. The number of rotatable bonds is 8. The van der Waals surface area contributed by atoms with Crippen molar-refractivity contribution in [2.24, 2.45) is 0 Å². The minimum atomic E-state index is -0.366. The number of fused-ring (bicyclic) bond motifs is 2. The summed E-state index contributed by atoms with van der Waals surface area (Å²) in [5, 5.41) is 22.0. The summed E-state index contributed by atoms with van der Waals surface area (Å²) in [5.41, 5.74) is 4.21. The van der Waals surface area contributed by atoms with Crippen molar-refractivity contribution in [2.75, 3.05) is 56.2 Å². The molecule has 3 aliphatic rings. The number of nitrogens with zero attached hydrogens (tertiary/aromatic N) is 7. The normalized spacial score (nSPS) is 22.0. The summed E-state index contributed by atoms with van der Waals surface area (Å²) in [6.45, 7) is 11.6. The van der Waals surface area contributed by atoms with Gasteiger partial charge in [-0.15, -0.1) is 0 Å². The standard InChI is InChI=1S/C34H39N7O3/c1-4-23-8-6-9-24-10-7-11-30(32(23)24)39-15-13-28-29(21-39)36-34(44-22-26-18-27(42)20-38(26)3)37-33(28)40-16-17-41(31(43)5-2)25(19-40)12-14-35/h4-11,25-27,42H,1-2,12-13,15-22H2,3H3/t25-,26-,27?/m0/s1. The van der Waals surface area contributed by atoms with E-state index in [1.807, 2.05) is 13.1 Å². The summed E-state index contributed by atoms with van der Waals surface area (Å²) >= 11 is 0. The smallest absolute Gasteiger partial charge is 0.318 e. The maximum atomic E-state index is 12.6. The van der Waals surface area contributed by atoms with Gasteiger partial charge in [0.15, 0.2) is 0 Å². The molecular weight excluding hydrogens is 554 g/mol. The molecule has 1 aromatic heterocycles. The highest BCUT2D eigenvalue weighted by molar-refractivity contribution is 6.00. The third-order valence-corrected chi connectivity index (χ3v) is 9.14. The molecule has 0 spiro atoms. The van der Waals surface area contributed by atoms with E-state index in [0.29, 0.717) is 51.8 Å². The number of aliphatic hydroxyl groups excluding tert-OH is 1. The maximum Gasteiger partial charge on any atom is 0.318 e. The number of likely N-dealkylation sites (tertiary alicyclic amines) is 1. The topological polar surface area (TPSA) is 109 Å². The molecule has 2 aromatic carbocycles. The molecule has 3 aromatic rings. The highest BCUT2D eigenvalue weighted by atomic mass is 16.5. The molecule has 0 bridgehead atoms. The minimum absolute atomic E-state index is 0.0751. The van der Waals surface area contributed by atoms with Crippen LogP contribution < -0.4 is 14.5 Å². The molecule has 1 unspecified atom stereocenters. The molecule has 6 rings (SSSR count). The zero-order chi connectivity index (χ0) is 30.8. The molecule has 0 saturated carbocycles. The van der Waals surface area contributed by atoms with Crippen LogP contribution >= 0.6 is 0 Å². The number of carbonyl (C=O) groups is 1. The first-order valence-corrected chi connectivity index (χ1v) is 15.2. The number of amides is 1. The van der Waals surface area contributed by atoms with Crippen LogP contribution in [0.1, 0.15) is 29.7 Å². The maximum absolute atomic E-state index is 12.6. The van der Waals surface area contributed by atoms with Crippen molar-refractivity contribution in [3.05, 3.63) is 72.5 Å². The molecule has 0 aliphatic carbocycles. The Kier molecular flexibility index (Phi) is 8.51. The van der Waals surface area contributed by atoms with Crippen molar-refractivity contribution < 1.29 is 14.6 Å². The number of carbonyl (C=O) groups excluding carboxylic acids is 1. The number of aliphatic hydroxyl groups is 1. The predicted octanol–water partition coefficient (Wildman–Crippen LogP) is 3.40. The average Bonchev–Trinajstić information content (AvgIpc) is 3.38. The Hall–Kier alpha value is -4.46. The minimum Gasteiger partial charge on any atom is -0.462 e. The Morgan fingerprint density at radius 1 is 1.11 bits per heavy atom. The summed E-state index contributed by atoms with van der Waals surface area (Å²) in [5.74, 6) is 0.647. The van der Waals surface area contributed by atoms with E-state index in [-0.39, 0.29) is 30.5 Å². The van der Waals surface area contributed by atoms with Crippen molar-refractivity contribution in [2.45, 2.75) is 44.0 Å². The Balaban J connectivity index is 1.35. The van der Waals surface area contributed by atoms with E-state index >= 15 is 0 Å². The second kappa shape index (κ2) is 12.6. The number of hydrogen-bond donors (Lipinski definition) is 1. The number of piperazine rings is 1. The summed E-state index contributed by atoms with van der Waals surface area (Å²) in [4.78, 5) is 30.8. The van der Waals surface area contributed by atoms with E-state index in [4.69, 9.17) is 14.7 Å². The molecule has 3 atom stereocenters. The largest absolute Gasteiger partial charge is 0.462 e. The molecule has 10 heteroatoms. The zero-order valence-electron chi connectivity index (χ0n) is 25.2. The van der Waals surface area contributed by atoms with Crippen molar-refractivity contribution in [1.82, 2.24) is 19.8 Å². The lowest BCUT2D eigenvalue weighted by atomic mass is 9.99. The lowest BCUT2D eigenvalue weighted by Crippen LogP contribution is -2.55. The van der Waals surface area contributed by atoms with Crippen LogP contribution in [0.25, 0.3) is 16.8 Å². The van der Waals surface area contributed by atoms with Crippen molar-refractivity contribution in [3.63, 3.8) is 0 Å². The monoisotopic (exact) mass is 593 g/mol. The number of benzene rings is 2. The Morgan fingerprint density at radius 3 is 2.66 bits per heavy atom. The fourth-order valence-electron chi connectivity index (χ4n) is 6.85. The number of likely N-dealkylation sites (N-methyl/N-ethyl adjacent to an activating group) is 1. The Labute approximate surface area is 258 Å². The quantitative estimate of drug-likeness (QED) is 0.393. The summed E-state index contributed by atoms with van der Waals surface area (Å²) in [6.07, 6.45) is 4.46. The van der Waals surface area contributed by atoms with Crippen LogP contribution in [0.5, 0.6) is 6.01 Å². The number of nitriles is 1. The van der Waals surface area contributed by atoms with E-state index < -0.39 is 0 Å².